The third kappa shape index (κ3) is 2.97. The summed E-state index contributed by atoms with van der Waals surface area (Å²) in [5.74, 6) is 0.894. The topological polar surface area (TPSA) is 62.1 Å². The molecule has 1 N–H and O–H groups in total. The maximum absolute atomic E-state index is 12.3. The van der Waals surface area contributed by atoms with Gasteiger partial charge in [-0.2, -0.15) is 5.10 Å². The van der Waals surface area contributed by atoms with Gasteiger partial charge >= 0.3 is 0 Å². The van der Waals surface area contributed by atoms with Gasteiger partial charge in [0.05, 0.1) is 18.9 Å². The van der Waals surface area contributed by atoms with Crippen LogP contribution in [0.25, 0.3) is 0 Å². The number of amides is 1. The minimum Gasteiger partial charge on any atom is -0.508 e. The predicted molar refractivity (Wildman–Crippen MR) is 92.1 cm³/mol. The Labute approximate surface area is 141 Å². The highest BCUT2D eigenvalue weighted by Crippen LogP contribution is 2.37. The second-order valence-corrected chi connectivity index (χ2v) is 5.65. The van der Waals surface area contributed by atoms with E-state index in [2.05, 4.69) is 5.10 Å². The molecular formula is C19H20N2O3. The molecule has 0 aliphatic carbocycles. The third-order valence-corrected chi connectivity index (χ3v) is 4.19. The highest BCUT2D eigenvalue weighted by atomic mass is 16.5. The van der Waals surface area contributed by atoms with Crippen LogP contribution in [0.4, 0.5) is 0 Å². The van der Waals surface area contributed by atoms with Gasteiger partial charge in [-0.3, -0.25) is 4.79 Å². The second-order valence-electron chi connectivity index (χ2n) is 5.65. The van der Waals surface area contributed by atoms with Crippen molar-refractivity contribution in [2.75, 3.05) is 7.11 Å². The molecule has 0 radical (unpaired) electrons. The number of carbonyl (C=O) groups excluding carboxylic acids is 1. The first-order valence-corrected chi connectivity index (χ1v) is 7.96. The van der Waals surface area contributed by atoms with Gasteiger partial charge < -0.3 is 9.84 Å². The Morgan fingerprint density at radius 3 is 2.58 bits per heavy atom. The molecule has 24 heavy (non-hydrogen) atoms. The third-order valence-electron chi connectivity index (χ3n) is 4.19. The summed E-state index contributed by atoms with van der Waals surface area (Å²) in [4.78, 5) is 12.3. The highest BCUT2D eigenvalue weighted by Gasteiger charge is 2.33. The number of nitrogens with zero attached hydrogens (tertiary/aromatic N) is 2. The van der Waals surface area contributed by atoms with E-state index in [4.69, 9.17) is 4.74 Å². The number of rotatable bonds is 4. The molecule has 1 aliphatic rings. The molecule has 2 aromatic carbocycles. The fraction of sp³-hybridized carbons (Fsp3) is 0.263. The van der Waals surface area contributed by atoms with Gasteiger partial charge in [0, 0.05) is 18.4 Å². The Hall–Kier alpha value is -2.82. The van der Waals surface area contributed by atoms with Gasteiger partial charge in [-0.25, -0.2) is 5.01 Å². The average Bonchev–Trinajstić information content (AvgIpc) is 3.06. The normalized spacial score (nSPS) is 16.8. The monoisotopic (exact) mass is 324 g/mol. The van der Waals surface area contributed by atoms with E-state index in [1.165, 1.54) is 5.01 Å². The van der Waals surface area contributed by atoms with Gasteiger partial charge in [-0.05, 0) is 35.9 Å². The zero-order chi connectivity index (χ0) is 17.1. The molecule has 3 rings (SSSR count). The number of ether oxygens (including phenoxy) is 1. The molecule has 0 saturated heterocycles. The Morgan fingerprint density at radius 1 is 1.25 bits per heavy atom. The molecule has 1 atom stereocenters. The average molecular weight is 324 g/mol. The summed E-state index contributed by atoms with van der Waals surface area (Å²) in [5, 5.41) is 16.2. The van der Waals surface area contributed by atoms with Crippen molar-refractivity contribution >= 4 is 11.6 Å². The van der Waals surface area contributed by atoms with Crippen molar-refractivity contribution in [3.05, 3.63) is 59.7 Å². The first kappa shape index (κ1) is 16.1. The first-order valence-electron chi connectivity index (χ1n) is 7.96. The van der Waals surface area contributed by atoms with Crippen LogP contribution in [0, 0.1) is 0 Å². The van der Waals surface area contributed by atoms with Crippen molar-refractivity contribution in [2.24, 2.45) is 5.10 Å². The van der Waals surface area contributed by atoms with E-state index >= 15 is 0 Å². The number of carbonyl (C=O) groups is 1. The Balaban J connectivity index is 1.95. The number of hydrazone groups is 1. The molecular weight excluding hydrogens is 304 g/mol. The van der Waals surface area contributed by atoms with E-state index in [-0.39, 0.29) is 17.7 Å². The number of benzene rings is 2. The van der Waals surface area contributed by atoms with Crippen LogP contribution in [-0.2, 0) is 4.79 Å². The van der Waals surface area contributed by atoms with Crippen molar-refractivity contribution in [2.45, 2.75) is 25.8 Å². The van der Waals surface area contributed by atoms with Crippen LogP contribution < -0.4 is 4.74 Å². The van der Waals surface area contributed by atoms with E-state index in [1.54, 1.807) is 19.2 Å². The van der Waals surface area contributed by atoms with E-state index in [9.17, 15) is 9.90 Å². The van der Waals surface area contributed by atoms with Crippen LogP contribution in [0.15, 0.2) is 53.6 Å². The Morgan fingerprint density at radius 2 is 1.96 bits per heavy atom. The maximum atomic E-state index is 12.3. The largest absolute Gasteiger partial charge is 0.508 e. The molecule has 1 heterocycles. The van der Waals surface area contributed by atoms with Gasteiger partial charge in [-0.15, -0.1) is 0 Å². The summed E-state index contributed by atoms with van der Waals surface area (Å²) in [5.41, 5.74) is 2.49. The quantitative estimate of drug-likeness (QED) is 0.936. The SMILES string of the molecule is CCC(=O)N1N=C(c2ccc(OC)cc2)C[C@@H]1c1ccccc1O. The van der Waals surface area contributed by atoms with Gasteiger partial charge in [0.15, 0.2) is 0 Å². The minimum absolute atomic E-state index is 0.0632. The Kier molecular flexibility index (Phi) is 4.51. The van der Waals surface area contributed by atoms with Crippen molar-refractivity contribution < 1.29 is 14.6 Å². The van der Waals surface area contributed by atoms with Gasteiger partial charge in [0.25, 0.3) is 0 Å². The lowest BCUT2D eigenvalue weighted by molar-refractivity contribution is -0.132. The van der Waals surface area contributed by atoms with Crippen LogP contribution in [0.2, 0.25) is 0 Å². The molecule has 124 valence electrons. The molecule has 5 nitrogen and oxygen atoms in total. The van der Waals surface area contributed by atoms with Crippen molar-refractivity contribution in [1.29, 1.82) is 0 Å². The number of phenolic OH excluding ortho intramolecular Hbond substituents is 1. The van der Waals surface area contributed by atoms with E-state index in [1.807, 2.05) is 43.3 Å². The smallest absolute Gasteiger partial charge is 0.242 e. The fourth-order valence-corrected chi connectivity index (χ4v) is 2.87. The summed E-state index contributed by atoms with van der Waals surface area (Å²) in [6, 6.07) is 14.4. The summed E-state index contributed by atoms with van der Waals surface area (Å²) < 4.78 is 5.18. The zero-order valence-corrected chi connectivity index (χ0v) is 13.8. The number of hydrogen-bond acceptors (Lipinski definition) is 4. The van der Waals surface area contributed by atoms with Crippen molar-refractivity contribution in [3.63, 3.8) is 0 Å². The van der Waals surface area contributed by atoms with Crippen molar-refractivity contribution in [1.82, 2.24) is 5.01 Å². The van der Waals surface area contributed by atoms with Gasteiger partial charge in [-0.1, -0.05) is 25.1 Å². The number of para-hydroxylation sites is 1. The number of methoxy groups -OCH3 is 1. The molecule has 1 aliphatic heterocycles. The number of phenols is 1. The molecule has 2 aromatic rings. The van der Waals surface area contributed by atoms with E-state index < -0.39 is 0 Å². The van der Waals surface area contributed by atoms with Crippen LogP contribution in [0.3, 0.4) is 0 Å². The lowest BCUT2D eigenvalue weighted by atomic mass is 9.97. The molecule has 0 spiro atoms. The lowest BCUT2D eigenvalue weighted by Gasteiger charge is -2.22. The molecule has 5 heteroatoms. The van der Waals surface area contributed by atoms with Crippen LogP contribution in [-0.4, -0.2) is 28.8 Å². The maximum Gasteiger partial charge on any atom is 0.242 e. The summed E-state index contributed by atoms with van der Waals surface area (Å²) in [6.07, 6.45) is 0.930. The Bertz CT molecular complexity index is 768. The van der Waals surface area contributed by atoms with Gasteiger partial charge in [0.2, 0.25) is 5.91 Å². The molecule has 0 aromatic heterocycles. The van der Waals surface area contributed by atoms with Crippen LogP contribution >= 0.6 is 0 Å². The standard InChI is InChI=1S/C19H20N2O3/c1-3-19(23)21-17(15-6-4-5-7-18(15)22)12-16(20-21)13-8-10-14(24-2)11-9-13/h4-11,17,22H,3,12H2,1-2H3/t17-/m1/s1. The van der Waals surface area contributed by atoms with Crippen LogP contribution in [0.5, 0.6) is 11.5 Å². The van der Waals surface area contributed by atoms with E-state index in [0.29, 0.717) is 18.4 Å². The number of hydrogen-bond donors (Lipinski definition) is 1. The fourth-order valence-electron chi connectivity index (χ4n) is 2.87. The molecule has 0 unspecified atom stereocenters. The van der Waals surface area contributed by atoms with Crippen molar-refractivity contribution in [3.8, 4) is 11.5 Å². The lowest BCUT2D eigenvalue weighted by Crippen LogP contribution is -2.26. The molecule has 0 fully saturated rings. The minimum atomic E-state index is -0.282. The summed E-state index contributed by atoms with van der Waals surface area (Å²) >= 11 is 0. The molecule has 0 saturated carbocycles. The second kappa shape index (κ2) is 6.74. The number of aromatic hydroxyl groups is 1. The van der Waals surface area contributed by atoms with E-state index in [0.717, 1.165) is 17.0 Å². The molecule has 0 bridgehead atoms. The summed E-state index contributed by atoms with van der Waals surface area (Å²) in [7, 11) is 1.62. The van der Waals surface area contributed by atoms with Crippen LogP contribution in [0.1, 0.15) is 36.9 Å². The van der Waals surface area contributed by atoms with Gasteiger partial charge in [0.1, 0.15) is 11.5 Å². The molecule has 1 amide bonds. The highest BCUT2D eigenvalue weighted by molar-refractivity contribution is 6.03. The summed E-state index contributed by atoms with van der Waals surface area (Å²) in [6.45, 7) is 1.81. The first-order chi connectivity index (χ1) is 11.6. The zero-order valence-electron chi connectivity index (χ0n) is 13.8. The predicted octanol–water partition coefficient (Wildman–Crippen LogP) is 3.49.